The summed E-state index contributed by atoms with van der Waals surface area (Å²) >= 11 is 12.3. The van der Waals surface area contributed by atoms with Gasteiger partial charge in [0.1, 0.15) is 12.7 Å². The molecule has 0 bridgehead atoms. The first kappa shape index (κ1) is 23.0. The zero-order chi connectivity index (χ0) is 22.3. The number of benzene rings is 2. The molecule has 2 aromatic rings. The van der Waals surface area contributed by atoms with Crippen molar-refractivity contribution >= 4 is 40.5 Å². The van der Waals surface area contributed by atoms with Gasteiger partial charge in [-0.2, -0.15) is 0 Å². The van der Waals surface area contributed by atoms with Gasteiger partial charge in [0, 0.05) is 5.69 Å². The molecule has 0 amide bonds. The van der Waals surface area contributed by atoms with Crippen LogP contribution in [-0.2, 0) is 14.5 Å². The van der Waals surface area contributed by atoms with Gasteiger partial charge in [-0.05, 0) is 30.2 Å². The predicted molar refractivity (Wildman–Crippen MR) is 106 cm³/mol. The molecule has 0 saturated heterocycles. The smallest absolute Gasteiger partial charge is 0.311 e. The highest BCUT2D eigenvalue weighted by Gasteiger charge is 2.29. The van der Waals surface area contributed by atoms with Crippen molar-refractivity contribution < 1.29 is 29.7 Å². The van der Waals surface area contributed by atoms with Crippen LogP contribution in [0.1, 0.15) is 17.9 Å². The second kappa shape index (κ2) is 10.5. The fourth-order valence-corrected chi connectivity index (χ4v) is 3.19. The fourth-order valence-electron chi connectivity index (χ4n) is 2.70. The topological polar surface area (TPSA) is 154 Å². The Balaban J connectivity index is 2.36. The van der Waals surface area contributed by atoms with Crippen LogP contribution in [0.4, 0.5) is 11.4 Å². The van der Waals surface area contributed by atoms with E-state index in [1.54, 1.807) is 36.4 Å². The van der Waals surface area contributed by atoms with Crippen LogP contribution in [0.5, 0.6) is 0 Å². The maximum Gasteiger partial charge on any atom is 0.311 e. The third kappa shape index (κ3) is 6.36. The van der Waals surface area contributed by atoms with E-state index >= 15 is 0 Å². The van der Waals surface area contributed by atoms with Crippen molar-refractivity contribution in [3.05, 3.63) is 78.3 Å². The number of halogens is 2. The van der Waals surface area contributed by atoms with Crippen LogP contribution in [0, 0.1) is 20.2 Å². The summed E-state index contributed by atoms with van der Waals surface area (Å²) < 4.78 is 0. The quantitative estimate of drug-likeness (QED) is 0.373. The Hall–Kier alpha value is -3.31. The Bertz CT molecular complexity index is 923. The van der Waals surface area contributed by atoms with Gasteiger partial charge in [0.2, 0.25) is 0 Å². The number of carboxylic acids is 1. The summed E-state index contributed by atoms with van der Waals surface area (Å²) in [5.74, 6) is -2.65. The first-order chi connectivity index (χ1) is 14.2. The van der Waals surface area contributed by atoms with Crippen LogP contribution in [0.3, 0.4) is 0 Å². The van der Waals surface area contributed by atoms with E-state index in [4.69, 9.17) is 23.2 Å². The van der Waals surface area contributed by atoms with E-state index < -0.39 is 41.2 Å². The number of carbonyl (C=O) groups is 1. The van der Waals surface area contributed by atoms with Crippen molar-refractivity contribution in [1.29, 1.82) is 0 Å². The van der Waals surface area contributed by atoms with Gasteiger partial charge in [0.15, 0.2) is 0 Å². The van der Waals surface area contributed by atoms with Crippen LogP contribution in [0.25, 0.3) is 0 Å². The minimum absolute atomic E-state index is 0.235. The first-order valence-corrected chi connectivity index (χ1v) is 9.05. The van der Waals surface area contributed by atoms with Crippen molar-refractivity contribution in [3.8, 4) is 0 Å². The fraction of sp³-hybridized carbons (Fsp3) is 0.235. The molecular formula is C17H15Cl2N3O8. The molecule has 2 aromatic carbocycles. The summed E-state index contributed by atoms with van der Waals surface area (Å²) in [7, 11) is 0. The lowest BCUT2D eigenvalue weighted by Gasteiger charge is -2.22. The van der Waals surface area contributed by atoms with Gasteiger partial charge in [-0.1, -0.05) is 47.5 Å². The molecule has 13 heteroatoms. The Morgan fingerprint density at radius 3 is 2.27 bits per heavy atom. The van der Waals surface area contributed by atoms with Crippen LogP contribution in [0.15, 0.2) is 42.5 Å². The number of anilines is 2. The van der Waals surface area contributed by atoms with Gasteiger partial charge in [-0.15, -0.1) is 20.2 Å². The Morgan fingerprint density at radius 1 is 1.07 bits per heavy atom. The molecule has 0 heterocycles. The summed E-state index contributed by atoms with van der Waals surface area (Å²) in [5.41, 5.74) is 0.904. The molecule has 0 fully saturated rings. The molecule has 0 aliphatic rings. The normalized spacial score (nSPS) is 12.5. The van der Waals surface area contributed by atoms with Gasteiger partial charge in [0.05, 0.1) is 21.7 Å². The van der Waals surface area contributed by atoms with Crippen molar-refractivity contribution in [1.82, 2.24) is 0 Å². The molecule has 1 unspecified atom stereocenters. The molecule has 0 radical (unpaired) electrons. The van der Waals surface area contributed by atoms with Gasteiger partial charge in [-0.3, -0.25) is 4.79 Å². The SMILES string of the molecule is O=C(O)[C@H](CC(CO[N+](=O)[O-])O[N+](=O)[O-])c1ccccc1Nc1c(Cl)cccc1Cl. The number of rotatable bonds is 11. The molecule has 160 valence electrons. The van der Waals surface area contributed by atoms with Crippen molar-refractivity contribution in [2.24, 2.45) is 0 Å². The minimum Gasteiger partial charge on any atom is -0.481 e. The van der Waals surface area contributed by atoms with E-state index in [1.807, 2.05) is 0 Å². The molecule has 0 saturated carbocycles. The minimum atomic E-state index is -1.50. The molecule has 2 rings (SSSR count). The third-order valence-electron chi connectivity index (χ3n) is 3.96. The van der Waals surface area contributed by atoms with Crippen LogP contribution in [-0.4, -0.2) is 34.0 Å². The zero-order valence-corrected chi connectivity index (χ0v) is 16.6. The van der Waals surface area contributed by atoms with E-state index in [0.717, 1.165) is 0 Å². The predicted octanol–water partition coefficient (Wildman–Crippen LogP) is 4.08. The summed E-state index contributed by atoms with van der Waals surface area (Å²) in [4.78, 5) is 41.5. The number of carboxylic acid groups (broad SMARTS) is 1. The van der Waals surface area contributed by atoms with E-state index in [-0.39, 0.29) is 15.6 Å². The summed E-state index contributed by atoms with van der Waals surface area (Å²) in [5, 5.41) is 32.0. The maximum atomic E-state index is 11.9. The number of nitrogens with zero attached hydrogens (tertiary/aromatic N) is 2. The molecule has 2 N–H and O–H groups in total. The highest BCUT2D eigenvalue weighted by atomic mass is 35.5. The largest absolute Gasteiger partial charge is 0.481 e. The molecule has 0 aliphatic carbocycles. The molecule has 11 nitrogen and oxygen atoms in total. The second-order valence-corrected chi connectivity index (χ2v) is 6.72. The number of para-hydroxylation sites is 2. The number of hydrogen-bond acceptors (Lipinski definition) is 8. The van der Waals surface area contributed by atoms with Crippen LogP contribution >= 0.6 is 23.2 Å². The second-order valence-electron chi connectivity index (χ2n) is 5.91. The molecule has 30 heavy (non-hydrogen) atoms. The molecular weight excluding hydrogens is 445 g/mol. The average molecular weight is 460 g/mol. The molecule has 2 atom stereocenters. The Labute approximate surface area is 179 Å². The Morgan fingerprint density at radius 2 is 1.70 bits per heavy atom. The monoisotopic (exact) mass is 459 g/mol. The van der Waals surface area contributed by atoms with Gasteiger partial charge in [-0.25, -0.2) is 0 Å². The van der Waals surface area contributed by atoms with E-state index in [9.17, 15) is 30.1 Å². The number of aliphatic carboxylic acids is 1. The van der Waals surface area contributed by atoms with Crippen molar-refractivity contribution in [3.63, 3.8) is 0 Å². The number of hydrogen-bond donors (Lipinski definition) is 2. The van der Waals surface area contributed by atoms with E-state index in [0.29, 0.717) is 11.4 Å². The molecule has 0 aromatic heterocycles. The summed E-state index contributed by atoms with van der Waals surface area (Å²) in [6.45, 7) is -0.816. The van der Waals surface area contributed by atoms with Crippen LogP contribution < -0.4 is 5.32 Å². The van der Waals surface area contributed by atoms with Gasteiger partial charge < -0.3 is 20.1 Å². The lowest BCUT2D eigenvalue weighted by molar-refractivity contribution is -0.790. The maximum absolute atomic E-state index is 11.9. The Kier molecular flexibility index (Phi) is 8.01. The highest BCUT2D eigenvalue weighted by Crippen LogP contribution is 2.36. The number of nitrogens with one attached hydrogen (secondary N) is 1. The zero-order valence-electron chi connectivity index (χ0n) is 15.1. The van der Waals surface area contributed by atoms with Gasteiger partial charge >= 0.3 is 5.97 Å². The van der Waals surface area contributed by atoms with Gasteiger partial charge in [0.25, 0.3) is 10.2 Å². The molecule has 0 spiro atoms. The highest BCUT2D eigenvalue weighted by molar-refractivity contribution is 6.39. The van der Waals surface area contributed by atoms with Crippen molar-refractivity contribution in [2.75, 3.05) is 11.9 Å². The average Bonchev–Trinajstić information content (AvgIpc) is 2.66. The lowest BCUT2D eigenvalue weighted by atomic mass is 9.91. The van der Waals surface area contributed by atoms with E-state index in [2.05, 4.69) is 15.0 Å². The summed E-state index contributed by atoms with van der Waals surface area (Å²) in [6.07, 6.45) is -1.97. The standard InChI is InChI=1S/C17H15Cl2N3O8/c18-13-5-3-6-14(19)16(13)20-15-7-2-1-4-11(15)12(17(23)24)8-10(30-22(27)28)9-29-21(25)26/h1-7,10,12,20H,8-9H2,(H,23,24)/t10?,12-/m1/s1. The van der Waals surface area contributed by atoms with E-state index in [1.165, 1.54) is 6.07 Å². The first-order valence-electron chi connectivity index (χ1n) is 8.30. The third-order valence-corrected chi connectivity index (χ3v) is 4.59. The molecule has 0 aliphatic heterocycles. The van der Waals surface area contributed by atoms with Crippen molar-refractivity contribution in [2.45, 2.75) is 18.4 Å². The van der Waals surface area contributed by atoms with Crippen LogP contribution in [0.2, 0.25) is 10.0 Å². The lowest BCUT2D eigenvalue weighted by Crippen LogP contribution is -2.29. The summed E-state index contributed by atoms with van der Waals surface area (Å²) in [6, 6.07) is 11.1.